The number of hydrogen-bond acceptors (Lipinski definition) is 6. The van der Waals surface area contributed by atoms with Crippen LogP contribution in [0.25, 0.3) is 0 Å². The Morgan fingerprint density at radius 2 is 1.20 bits per heavy atom. The molecule has 8 heteroatoms. The van der Waals surface area contributed by atoms with Crippen molar-refractivity contribution < 1.29 is 37.5 Å². The molecule has 6 heterocycles. The molecule has 44 heavy (non-hydrogen) atoms. The highest BCUT2D eigenvalue weighted by Gasteiger charge is 2.72. The summed E-state index contributed by atoms with van der Waals surface area (Å²) >= 11 is 0. The van der Waals surface area contributed by atoms with Crippen molar-refractivity contribution in [3.63, 3.8) is 0 Å². The fourth-order valence-corrected chi connectivity index (χ4v) is 10.5. The highest BCUT2D eigenvalue weighted by atomic mass is 16.6. The molecule has 4 bridgehead atoms. The fraction of sp³-hybridized carbons (Fsp3) is 0.611. The SMILES string of the molecule is C[N+]1(C)[C@@H]2CC(OC(=O)[C@]3(c4ccccc4)CC[C@@H](C(=O)OC4C[C@H]5[C@H]6O[C@@H]6[C@H](C4)[N+]5(C)C)c4ccccc43)C[C@@H]1[C@H]1O[C@H]12. The molecule has 9 rings (SSSR count). The normalized spacial score (nSPS) is 44.5. The number of ether oxygens (including phenoxy) is 4. The highest BCUT2D eigenvalue weighted by Crippen LogP contribution is 2.54. The number of hydrogen-bond donors (Lipinski definition) is 0. The van der Waals surface area contributed by atoms with Crippen LogP contribution in [0.3, 0.4) is 0 Å². The first-order valence-corrected chi connectivity index (χ1v) is 16.6. The predicted molar refractivity (Wildman–Crippen MR) is 161 cm³/mol. The molecule has 11 atom stereocenters. The quantitative estimate of drug-likeness (QED) is 0.297. The number of nitrogens with zero attached hydrogens (tertiary/aromatic N) is 2. The second kappa shape index (κ2) is 9.15. The maximum absolute atomic E-state index is 14.6. The Morgan fingerprint density at radius 3 is 1.77 bits per heavy atom. The van der Waals surface area contributed by atoms with Crippen molar-refractivity contribution in [2.45, 2.75) is 111 Å². The molecule has 0 aromatic heterocycles. The predicted octanol–water partition coefficient (Wildman–Crippen LogP) is 3.45. The molecule has 1 aliphatic carbocycles. The van der Waals surface area contributed by atoms with E-state index in [2.05, 4.69) is 28.2 Å². The minimum Gasteiger partial charge on any atom is -0.461 e. The largest absolute Gasteiger partial charge is 0.461 e. The topological polar surface area (TPSA) is 77.7 Å². The molecule has 0 saturated carbocycles. The standard InChI is InChI=1S/C36H44N2O6/c1-37(2)26-16-21(17-27(37)31-30(26)43-31)41-34(39)24-14-15-36(20-10-6-5-7-11-20,25-13-9-8-12-23(24)25)35(40)42-22-18-28-32-33(44-32)29(19-22)38(28,3)4/h5-13,21-22,24,26-33H,14-19H2,1-4H3/q+2/t22?,24-,26+,27+,28-,29-,30-,31-,32-,33+,36+/m1/s1. The first kappa shape index (κ1) is 27.5. The van der Waals surface area contributed by atoms with Crippen molar-refractivity contribution in [1.82, 2.24) is 0 Å². The number of benzene rings is 2. The van der Waals surface area contributed by atoms with Crippen molar-refractivity contribution >= 4 is 11.9 Å². The zero-order chi connectivity index (χ0) is 30.2. The van der Waals surface area contributed by atoms with E-state index in [1.165, 1.54) is 0 Å². The number of fused-ring (bicyclic) bond motifs is 11. The van der Waals surface area contributed by atoms with Crippen molar-refractivity contribution in [3.8, 4) is 0 Å². The van der Waals surface area contributed by atoms with Crippen LogP contribution in [0.15, 0.2) is 54.6 Å². The molecule has 1 unspecified atom stereocenters. The number of piperidine rings is 2. The lowest BCUT2D eigenvalue weighted by atomic mass is 9.63. The number of morpholine rings is 2. The lowest BCUT2D eigenvalue weighted by Gasteiger charge is -2.46. The number of carbonyl (C=O) groups is 2. The van der Waals surface area contributed by atoms with Crippen LogP contribution in [0.4, 0.5) is 0 Å². The van der Waals surface area contributed by atoms with Crippen molar-refractivity contribution in [1.29, 1.82) is 0 Å². The highest BCUT2D eigenvalue weighted by molar-refractivity contribution is 5.91. The van der Waals surface area contributed by atoms with Gasteiger partial charge < -0.3 is 27.9 Å². The van der Waals surface area contributed by atoms with Gasteiger partial charge in [-0.15, -0.1) is 0 Å². The van der Waals surface area contributed by atoms with Crippen LogP contribution in [-0.4, -0.2) is 110 Å². The lowest BCUT2D eigenvalue weighted by molar-refractivity contribution is -0.938. The van der Waals surface area contributed by atoms with Gasteiger partial charge >= 0.3 is 11.9 Å². The summed E-state index contributed by atoms with van der Waals surface area (Å²) in [4.78, 5) is 28.6. The van der Waals surface area contributed by atoms with E-state index in [9.17, 15) is 9.59 Å². The zero-order valence-corrected chi connectivity index (χ0v) is 26.1. The van der Waals surface area contributed by atoms with Gasteiger partial charge in [-0.3, -0.25) is 9.59 Å². The molecule has 7 aliphatic rings. The van der Waals surface area contributed by atoms with Gasteiger partial charge in [0, 0.05) is 25.7 Å². The van der Waals surface area contributed by atoms with Crippen LogP contribution in [0.2, 0.25) is 0 Å². The minimum atomic E-state index is -0.973. The van der Waals surface area contributed by atoms with Crippen molar-refractivity contribution in [3.05, 3.63) is 71.3 Å². The van der Waals surface area contributed by atoms with E-state index in [4.69, 9.17) is 18.9 Å². The van der Waals surface area contributed by atoms with Crippen LogP contribution >= 0.6 is 0 Å². The Hall–Kier alpha value is -2.78. The zero-order valence-electron chi connectivity index (χ0n) is 26.1. The Bertz CT molecular complexity index is 1490. The van der Waals surface area contributed by atoms with Gasteiger partial charge in [0.2, 0.25) is 0 Å². The van der Waals surface area contributed by atoms with E-state index in [0.29, 0.717) is 61.4 Å². The van der Waals surface area contributed by atoms with Crippen molar-refractivity contribution in [2.24, 2.45) is 0 Å². The Labute approximate surface area is 259 Å². The lowest BCUT2D eigenvalue weighted by Crippen LogP contribution is -2.60. The summed E-state index contributed by atoms with van der Waals surface area (Å²) < 4.78 is 26.7. The second-order valence-electron chi connectivity index (χ2n) is 15.6. The molecule has 0 N–H and O–H groups in total. The average Bonchev–Trinajstić information content (AvgIpc) is 3.91. The molecule has 6 fully saturated rings. The van der Waals surface area contributed by atoms with E-state index in [-0.39, 0.29) is 24.1 Å². The summed E-state index contributed by atoms with van der Waals surface area (Å²) in [6.45, 7) is 0. The van der Waals surface area contributed by atoms with E-state index in [0.717, 1.165) is 51.3 Å². The molecule has 0 spiro atoms. The van der Waals surface area contributed by atoms with Crippen molar-refractivity contribution in [2.75, 3.05) is 28.2 Å². The van der Waals surface area contributed by atoms with Crippen LogP contribution in [0.1, 0.15) is 61.1 Å². The van der Waals surface area contributed by atoms with Crippen LogP contribution in [0.5, 0.6) is 0 Å². The maximum atomic E-state index is 14.6. The third kappa shape index (κ3) is 3.71. The molecule has 6 aliphatic heterocycles. The smallest absolute Gasteiger partial charge is 0.321 e. The maximum Gasteiger partial charge on any atom is 0.321 e. The third-order valence-electron chi connectivity index (χ3n) is 13.1. The first-order chi connectivity index (χ1) is 21.1. The van der Waals surface area contributed by atoms with Crippen LogP contribution in [-0.2, 0) is 34.0 Å². The Morgan fingerprint density at radius 1 is 0.705 bits per heavy atom. The monoisotopic (exact) mass is 600 g/mol. The van der Waals surface area contributed by atoms with Gasteiger partial charge in [-0.2, -0.15) is 0 Å². The number of carbonyl (C=O) groups excluding carboxylic acids is 2. The molecule has 0 amide bonds. The summed E-state index contributed by atoms with van der Waals surface area (Å²) in [5, 5.41) is 0. The molecule has 0 radical (unpaired) electrons. The number of epoxide rings is 2. The van der Waals surface area contributed by atoms with Gasteiger partial charge in [-0.05, 0) is 29.5 Å². The molecule has 2 aromatic rings. The molecular formula is C36H44N2O6+2. The minimum absolute atomic E-state index is 0.0856. The van der Waals surface area contributed by atoms with Gasteiger partial charge in [0.05, 0.1) is 34.1 Å². The van der Waals surface area contributed by atoms with Gasteiger partial charge in [0.15, 0.2) is 0 Å². The fourth-order valence-electron chi connectivity index (χ4n) is 10.5. The average molecular weight is 601 g/mol. The molecule has 232 valence electrons. The van der Waals surface area contributed by atoms with E-state index in [1.54, 1.807) is 0 Å². The number of esters is 2. The number of likely N-dealkylation sites (N-methyl/N-ethyl adjacent to an activating group) is 2. The van der Waals surface area contributed by atoms with Gasteiger partial charge in [-0.25, -0.2) is 0 Å². The van der Waals surface area contributed by atoms with Gasteiger partial charge in [0.25, 0.3) is 0 Å². The Kier molecular flexibility index (Phi) is 5.72. The summed E-state index contributed by atoms with van der Waals surface area (Å²) in [7, 11) is 9.16. The molecular weight excluding hydrogens is 556 g/mol. The van der Waals surface area contributed by atoms with Gasteiger partial charge in [0.1, 0.15) is 66.2 Å². The van der Waals surface area contributed by atoms with Crippen LogP contribution < -0.4 is 0 Å². The first-order valence-electron chi connectivity index (χ1n) is 16.6. The second-order valence-corrected chi connectivity index (χ2v) is 15.6. The summed E-state index contributed by atoms with van der Waals surface area (Å²) in [6, 6.07) is 19.5. The van der Waals surface area contributed by atoms with E-state index in [1.807, 2.05) is 54.6 Å². The summed E-state index contributed by atoms with van der Waals surface area (Å²) in [5.41, 5.74) is 1.72. The van der Waals surface area contributed by atoms with Crippen LogP contribution in [0, 0.1) is 0 Å². The Balaban J connectivity index is 0.998. The molecule has 2 aromatic carbocycles. The number of quaternary nitrogens is 2. The summed E-state index contributed by atoms with van der Waals surface area (Å²) in [6.07, 6.45) is 5.38. The summed E-state index contributed by atoms with van der Waals surface area (Å²) in [5.74, 6) is -0.768. The van der Waals surface area contributed by atoms with E-state index >= 15 is 0 Å². The molecule has 8 nitrogen and oxygen atoms in total. The van der Waals surface area contributed by atoms with Gasteiger partial charge in [-0.1, -0.05) is 54.6 Å². The third-order valence-corrected chi connectivity index (χ3v) is 13.1. The molecule has 6 saturated heterocycles. The van der Waals surface area contributed by atoms with E-state index < -0.39 is 11.3 Å². The number of rotatable bonds is 5.